The number of ether oxygens (including phenoxy) is 2. The van der Waals surface area contributed by atoms with Gasteiger partial charge >= 0.3 is 6.03 Å². The van der Waals surface area contributed by atoms with Crippen LogP contribution < -0.4 is 19.5 Å². The Bertz CT molecular complexity index is 847. The number of thiocarbonyl (C=S) groups is 1. The molecule has 1 aliphatic carbocycles. The summed E-state index contributed by atoms with van der Waals surface area (Å²) in [4.78, 5) is 19.4. The molecule has 1 aromatic rings. The maximum absolute atomic E-state index is 12.3. The van der Waals surface area contributed by atoms with E-state index in [1.807, 2.05) is 4.72 Å². The third kappa shape index (κ3) is 4.65. The zero-order chi connectivity index (χ0) is 18.6. The molecule has 1 aliphatic rings. The largest absolute Gasteiger partial charge is 0.481 e. The Morgan fingerprint density at radius 1 is 1.28 bits per heavy atom. The van der Waals surface area contributed by atoms with E-state index >= 15 is 0 Å². The zero-order valence-electron chi connectivity index (χ0n) is 13.0. The van der Waals surface area contributed by atoms with Gasteiger partial charge in [-0.3, -0.25) is 5.32 Å². The summed E-state index contributed by atoms with van der Waals surface area (Å²) in [6, 6.07) is 0.303. The number of aromatic nitrogens is 2. The van der Waals surface area contributed by atoms with Crippen LogP contribution in [0.5, 0.6) is 11.8 Å². The summed E-state index contributed by atoms with van der Waals surface area (Å²) in [7, 11) is -1.48. The Balaban J connectivity index is 2.16. The molecule has 1 heterocycles. The summed E-state index contributed by atoms with van der Waals surface area (Å²) in [5.74, 6) is 0.0341. The van der Waals surface area contributed by atoms with Gasteiger partial charge in [-0.15, -0.1) is 11.6 Å². The van der Waals surface area contributed by atoms with Gasteiger partial charge in [0, 0.05) is 0 Å². The molecule has 1 unspecified atom stereocenters. The van der Waals surface area contributed by atoms with Gasteiger partial charge in [0.15, 0.2) is 0 Å². The quantitative estimate of drug-likeness (QED) is 0.557. The third-order valence-electron chi connectivity index (χ3n) is 2.86. The molecule has 0 radical (unpaired) electrons. The van der Waals surface area contributed by atoms with Crippen LogP contribution in [0.1, 0.15) is 0 Å². The van der Waals surface area contributed by atoms with Gasteiger partial charge in [0.25, 0.3) is 10.0 Å². The molecule has 134 valence electrons. The number of nitrogens with one attached hydrogen (secondary N) is 2. The van der Waals surface area contributed by atoms with E-state index in [9.17, 15) is 13.2 Å². The molecule has 0 aromatic carbocycles. The third-order valence-corrected chi connectivity index (χ3v) is 5.35. The second kappa shape index (κ2) is 7.76. The van der Waals surface area contributed by atoms with Crippen LogP contribution in [0, 0.1) is 0 Å². The number of carbonyl (C=O) groups is 1. The highest BCUT2D eigenvalue weighted by Crippen LogP contribution is 2.20. The van der Waals surface area contributed by atoms with Crippen LogP contribution in [-0.4, -0.2) is 48.9 Å². The maximum Gasteiger partial charge on any atom is 0.335 e. The number of nitrogens with zero attached hydrogens (tertiary/aromatic N) is 2. The molecule has 0 aliphatic heterocycles. The number of allylic oxidation sites excluding steroid dienone is 4. The summed E-state index contributed by atoms with van der Waals surface area (Å²) >= 11 is 10.9. The molecular weight excluding hydrogens is 392 g/mol. The van der Waals surface area contributed by atoms with Crippen LogP contribution in [0.25, 0.3) is 0 Å². The van der Waals surface area contributed by atoms with Crippen molar-refractivity contribution in [2.45, 2.75) is 5.38 Å². The molecule has 2 amide bonds. The average Bonchev–Trinajstić information content (AvgIpc) is 2.56. The van der Waals surface area contributed by atoms with Gasteiger partial charge in [-0.1, -0.05) is 24.4 Å². The van der Waals surface area contributed by atoms with Crippen molar-refractivity contribution in [1.29, 1.82) is 0 Å². The molecular formula is C13H13ClN4O5S2. The number of methoxy groups -OCH3 is 2. The van der Waals surface area contributed by atoms with Crippen molar-refractivity contribution in [1.82, 2.24) is 14.7 Å². The lowest BCUT2D eigenvalue weighted by Crippen LogP contribution is -2.38. The van der Waals surface area contributed by atoms with Gasteiger partial charge in [-0.05, 0) is 6.08 Å². The molecule has 0 saturated heterocycles. The number of amides is 2. The summed E-state index contributed by atoms with van der Waals surface area (Å²) in [6.45, 7) is 0. The number of carbonyl (C=O) groups excluding carboxylic acids is 1. The van der Waals surface area contributed by atoms with E-state index in [1.165, 1.54) is 38.5 Å². The first-order valence-electron chi connectivity index (χ1n) is 6.64. The predicted molar refractivity (Wildman–Crippen MR) is 95.7 cm³/mol. The van der Waals surface area contributed by atoms with E-state index in [2.05, 4.69) is 15.3 Å². The van der Waals surface area contributed by atoms with E-state index < -0.39 is 21.4 Å². The fourth-order valence-corrected chi connectivity index (χ4v) is 3.54. The molecule has 1 atom stereocenters. The van der Waals surface area contributed by atoms with Gasteiger partial charge in [0.05, 0.1) is 30.5 Å². The van der Waals surface area contributed by atoms with Gasteiger partial charge in [0.2, 0.25) is 17.7 Å². The van der Waals surface area contributed by atoms with E-state index in [1.54, 1.807) is 0 Å². The summed E-state index contributed by atoms with van der Waals surface area (Å²) < 4.78 is 36.2. The van der Waals surface area contributed by atoms with E-state index in [0.29, 0.717) is 0 Å². The van der Waals surface area contributed by atoms with Crippen LogP contribution >= 0.6 is 23.8 Å². The number of alkyl halides is 1. The molecule has 2 N–H and O–H groups in total. The molecule has 2 rings (SSSR count). The number of hydrogen-bond donors (Lipinski definition) is 2. The first-order valence-corrected chi connectivity index (χ1v) is 8.97. The number of sulfonamides is 1. The average molecular weight is 405 g/mol. The highest BCUT2D eigenvalue weighted by molar-refractivity contribution is 7.97. The monoisotopic (exact) mass is 404 g/mol. The van der Waals surface area contributed by atoms with Crippen LogP contribution in [0.15, 0.2) is 29.2 Å². The molecule has 25 heavy (non-hydrogen) atoms. The molecule has 1 aromatic heterocycles. The SMILES string of the molecule is COc1cc(OC)nc(NC(=O)NS(=O)(=O)C2=CC=CC(Cl)C2=S)n1. The minimum atomic E-state index is -4.21. The lowest BCUT2D eigenvalue weighted by atomic mass is 10.2. The number of hydrogen-bond acceptors (Lipinski definition) is 8. The number of rotatable bonds is 5. The van der Waals surface area contributed by atoms with Gasteiger partial charge < -0.3 is 9.47 Å². The lowest BCUT2D eigenvalue weighted by Gasteiger charge is -2.16. The van der Waals surface area contributed by atoms with Crippen molar-refractivity contribution < 1.29 is 22.7 Å². The van der Waals surface area contributed by atoms with Crippen LogP contribution in [0.2, 0.25) is 0 Å². The highest BCUT2D eigenvalue weighted by Gasteiger charge is 2.28. The molecule has 12 heteroatoms. The van der Waals surface area contributed by atoms with Crippen LogP contribution in [0.3, 0.4) is 0 Å². The summed E-state index contributed by atoms with van der Waals surface area (Å²) in [5, 5.41) is 1.43. The minimum Gasteiger partial charge on any atom is -0.481 e. The Morgan fingerprint density at radius 3 is 2.44 bits per heavy atom. The standard InChI is InChI=1S/C13H13ClN4O5S2/c1-22-9-6-10(23-2)16-12(15-9)17-13(19)18-25(20,21)8-5-3-4-7(14)11(8)24/h3-7H,1-2H3,(H2,15,16,17,18,19). The second-order valence-electron chi connectivity index (χ2n) is 4.52. The molecule has 9 nitrogen and oxygen atoms in total. The predicted octanol–water partition coefficient (Wildman–Crippen LogP) is 1.38. The smallest absolute Gasteiger partial charge is 0.335 e. The van der Waals surface area contributed by atoms with Crippen LogP contribution in [-0.2, 0) is 10.0 Å². The molecule has 0 fully saturated rings. The van der Waals surface area contributed by atoms with Crippen molar-refractivity contribution in [3.63, 3.8) is 0 Å². The Morgan fingerprint density at radius 2 is 1.88 bits per heavy atom. The Labute approximate surface area is 154 Å². The number of urea groups is 1. The zero-order valence-corrected chi connectivity index (χ0v) is 15.4. The van der Waals surface area contributed by atoms with Crippen molar-refractivity contribution in [2.24, 2.45) is 0 Å². The van der Waals surface area contributed by atoms with Gasteiger partial charge in [-0.2, -0.15) is 9.97 Å². The maximum atomic E-state index is 12.3. The van der Waals surface area contributed by atoms with E-state index in [4.69, 9.17) is 33.3 Å². The summed E-state index contributed by atoms with van der Waals surface area (Å²) in [6.07, 6.45) is 4.22. The second-order valence-corrected chi connectivity index (χ2v) is 7.08. The topological polar surface area (TPSA) is 120 Å². The van der Waals surface area contributed by atoms with Crippen molar-refractivity contribution >= 4 is 50.7 Å². The fraction of sp³-hybridized carbons (Fsp3) is 0.231. The molecule has 0 bridgehead atoms. The normalized spacial score (nSPS) is 16.8. The highest BCUT2D eigenvalue weighted by atomic mass is 35.5. The summed E-state index contributed by atoms with van der Waals surface area (Å²) in [5.41, 5.74) is 0. The fourth-order valence-electron chi connectivity index (χ4n) is 1.74. The Kier molecular flexibility index (Phi) is 5.93. The molecule has 0 saturated carbocycles. The molecule has 0 spiro atoms. The Hall–Kier alpha value is -2.24. The van der Waals surface area contributed by atoms with Crippen molar-refractivity contribution in [3.8, 4) is 11.8 Å². The number of halogens is 1. The minimum absolute atomic E-state index is 0.0104. The van der Waals surface area contributed by atoms with Gasteiger partial charge in [0.1, 0.15) is 4.91 Å². The lowest BCUT2D eigenvalue weighted by molar-refractivity contribution is 0.256. The number of anilines is 1. The van der Waals surface area contributed by atoms with Crippen molar-refractivity contribution in [3.05, 3.63) is 29.2 Å². The van der Waals surface area contributed by atoms with Crippen LogP contribution in [0.4, 0.5) is 10.7 Å². The van der Waals surface area contributed by atoms with Gasteiger partial charge in [-0.25, -0.2) is 17.9 Å². The van der Waals surface area contributed by atoms with E-state index in [0.717, 1.165) is 0 Å². The van der Waals surface area contributed by atoms with E-state index in [-0.39, 0.29) is 27.5 Å². The first kappa shape index (κ1) is 19.1. The van der Waals surface area contributed by atoms with Crippen molar-refractivity contribution in [2.75, 3.05) is 19.5 Å². The first-order chi connectivity index (χ1) is 11.8.